The van der Waals surface area contributed by atoms with E-state index < -0.39 is 0 Å². The van der Waals surface area contributed by atoms with Gasteiger partial charge in [-0.1, -0.05) is 24.3 Å². The van der Waals surface area contributed by atoms with Crippen LogP contribution in [0, 0.1) is 0 Å². The highest BCUT2D eigenvalue weighted by atomic mass is 16.5. The number of aromatic nitrogens is 2. The Labute approximate surface area is 221 Å². The molecule has 0 spiro atoms. The Balaban J connectivity index is 1.30. The number of likely N-dealkylation sites (tertiary alicyclic amines) is 2. The normalized spacial score (nSPS) is 22.7. The van der Waals surface area contributed by atoms with Gasteiger partial charge in [0, 0.05) is 36.7 Å². The number of fused-ring (bicyclic) bond motifs is 3. The number of rotatable bonds is 8. The molecule has 1 radical (unpaired) electrons. The summed E-state index contributed by atoms with van der Waals surface area (Å²) in [5.41, 5.74) is 0.857. The van der Waals surface area contributed by atoms with E-state index >= 15 is 0 Å². The van der Waals surface area contributed by atoms with Crippen LogP contribution in [0.25, 0.3) is 10.8 Å². The predicted molar refractivity (Wildman–Crippen MR) is 144 cm³/mol. The number of ether oxygens (including phenoxy) is 2. The molecule has 2 amide bonds. The molecule has 10 heteroatoms. The molecule has 38 heavy (non-hydrogen) atoms. The van der Waals surface area contributed by atoms with Crippen LogP contribution >= 0.6 is 0 Å². The average Bonchev–Trinajstić information content (AvgIpc) is 3.67. The number of likely N-dealkylation sites (N-methyl/N-ethyl adjacent to an activating group) is 1. The first-order valence-electron chi connectivity index (χ1n) is 13.0. The van der Waals surface area contributed by atoms with Crippen molar-refractivity contribution in [3.8, 4) is 11.8 Å². The number of piperazine rings is 1. The van der Waals surface area contributed by atoms with Crippen LogP contribution in [0.3, 0.4) is 0 Å². The molecule has 3 aliphatic rings. The molecule has 3 fully saturated rings. The number of anilines is 2. The molecule has 2 aromatic carbocycles. The van der Waals surface area contributed by atoms with Crippen molar-refractivity contribution < 1.29 is 19.1 Å². The fourth-order valence-electron chi connectivity index (χ4n) is 5.85. The number of nitrogens with zero attached hydrogens (tertiary/aromatic N) is 5. The van der Waals surface area contributed by atoms with Crippen LogP contribution < -0.4 is 19.7 Å². The summed E-state index contributed by atoms with van der Waals surface area (Å²) in [6.07, 6.45) is 5.09. The van der Waals surface area contributed by atoms with Gasteiger partial charge in [0.2, 0.25) is 0 Å². The van der Waals surface area contributed by atoms with E-state index in [0.717, 1.165) is 36.6 Å². The van der Waals surface area contributed by atoms with E-state index in [1.54, 1.807) is 24.1 Å². The number of methoxy groups -OCH3 is 1. The van der Waals surface area contributed by atoms with Gasteiger partial charge in [0.1, 0.15) is 23.9 Å². The fraction of sp³-hybridized carbons (Fsp3) is 0.429. The number of benzene rings is 2. The molecule has 4 heterocycles. The number of nitrogens with one attached hydrogen (secondary N) is 1. The van der Waals surface area contributed by atoms with Gasteiger partial charge in [-0.3, -0.25) is 9.59 Å². The van der Waals surface area contributed by atoms with E-state index in [9.17, 15) is 9.59 Å². The van der Waals surface area contributed by atoms with Crippen LogP contribution in [0.5, 0.6) is 11.8 Å². The maximum Gasteiger partial charge on any atom is 0.319 e. The van der Waals surface area contributed by atoms with Gasteiger partial charge in [-0.2, -0.15) is 9.97 Å². The Hall–Kier alpha value is -3.92. The van der Waals surface area contributed by atoms with Crippen LogP contribution in [-0.2, 0) is 4.79 Å². The molecule has 1 N–H and O–H groups in total. The monoisotopic (exact) mass is 515 g/mol. The summed E-state index contributed by atoms with van der Waals surface area (Å²) < 4.78 is 11.5. The number of hydrogen-bond donors (Lipinski definition) is 1. The van der Waals surface area contributed by atoms with E-state index in [1.165, 1.54) is 0 Å². The lowest BCUT2D eigenvalue weighted by atomic mass is 10.1. The van der Waals surface area contributed by atoms with E-state index in [1.807, 2.05) is 36.7 Å². The zero-order valence-corrected chi connectivity index (χ0v) is 21.6. The highest BCUT2D eigenvalue weighted by Crippen LogP contribution is 2.34. The third kappa shape index (κ3) is 4.60. The standard InChI is InChI=1S/C28H31N6O4/c1-32-9-5-7-19(32)16-38-28-30-25(13-26(31-28)34-15-20-11-21(34)14-33(20)17-35)27(36)29-24-12-22(37-2)10-18-6-3-4-8-23(18)24/h3-4,6,8,10,12-13,19-21H,5,7,9,11,14-16H2,1-2H3,(H,29,36)/t19-,20-,21-/m0/s1. The van der Waals surface area contributed by atoms with Gasteiger partial charge < -0.3 is 29.5 Å². The van der Waals surface area contributed by atoms with E-state index in [4.69, 9.17) is 14.5 Å². The Morgan fingerprint density at radius 1 is 1.16 bits per heavy atom. The average molecular weight is 516 g/mol. The van der Waals surface area contributed by atoms with Gasteiger partial charge in [0.15, 0.2) is 0 Å². The smallest absolute Gasteiger partial charge is 0.319 e. The maximum absolute atomic E-state index is 13.6. The van der Waals surface area contributed by atoms with Crippen LogP contribution in [-0.4, -0.2) is 90.6 Å². The van der Waals surface area contributed by atoms with Crippen molar-refractivity contribution in [1.29, 1.82) is 0 Å². The van der Waals surface area contributed by atoms with Gasteiger partial charge in [-0.05, 0) is 44.3 Å². The van der Waals surface area contributed by atoms with E-state index in [-0.39, 0.29) is 29.7 Å². The van der Waals surface area contributed by atoms with Crippen molar-refractivity contribution in [1.82, 2.24) is 19.8 Å². The minimum absolute atomic E-state index is 0.101. The zero-order chi connectivity index (χ0) is 26.2. The first kappa shape index (κ1) is 24.4. The lowest BCUT2D eigenvalue weighted by molar-refractivity contribution is 0.102. The molecule has 3 saturated heterocycles. The van der Waals surface area contributed by atoms with Gasteiger partial charge in [-0.25, -0.2) is 0 Å². The second-order valence-electron chi connectivity index (χ2n) is 10.3. The molecule has 197 valence electrons. The molecule has 1 aromatic heterocycles. The summed E-state index contributed by atoms with van der Waals surface area (Å²) in [4.78, 5) is 40.2. The number of carbonyl (C=O) groups excluding carboxylic acids is 2. The Kier molecular flexibility index (Phi) is 6.49. The van der Waals surface area contributed by atoms with Crippen LogP contribution in [0.4, 0.5) is 11.5 Å². The minimum atomic E-state index is -0.359. The highest BCUT2D eigenvalue weighted by molar-refractivity contribution is 6.09. The van der Waals surface area contributed by atoms with Crippen molar-refractivity contribution >= 4 is 34.6 Å². The Bertz CT molecular complexity index is 1370. The molecule has 3 atom stereocenters. The van der Waals surface area contributed by atoms with Gasteiger partial charge in [0.05, 0.1) is 24.9 Å². The van der Waals surface area contributed by atoms with Gasteiger partial charge in [0.25, 0.3) is 5.91 Å². The van der Waals surface area contributed by atoms with E-state index in [2.05, 4.69) is 27.1 Å². The predicted octanol–water partition coefficient (Wildman–Crippen LogP) is 2.69. The van der Waals surface area contributed by atoms with Crippen LogP contribution in [0.1, 0.15) is 29.8 Å². The summed E-state index contributed by atoms with van der Waals surface area (Å²) in [6.45, 7) is 2.74. The summed E-state index contributed by atoms with van der Waals surface area (Å²) in [5.74, 6) is 0.923. The van der Waals surface area contributed by atoms with Gasteiger partial charge in [-0.15, -0.1) is 0 Å². The maximum atomic E-state index is 13.6. The molecule has 2 bridgehead atoms. The first-order valence-corrected chi connectivity index (χ1v) is 13.0. The Morgan fingerprint density at radius 3 is 2.76 bits per heavy atom. The lowest BCUT2D eigenvalue weighted by Gasteiger charge is -2.32. The number of carbonyl (C=O) groups is 1. The molecular formula is C28H31N6O4. The lowest BCUT2D eigenvalue weighted by Crippen LogP contribution is -2.46. The Morgan fingerprint density at radius 2 is 2.03 bits per heavy atom. The van der Waals surface area contributed by atoms with Gasteiger partial charge >= 0.3 is 12.4 Å². The first-order chi connectivity index (χ1) is 18.5. The largest absolute Gasteiger partial charge is 0.497 e. The molecule has 10 nitrogen and oxygen atoms in total. The van der Waals surface area contributed by atoms with Crippen molar-refractivity contribution in [2.24, 2.45) is 0 Å². The third-order valence-corrected chi connectivity index (χ3v) is 7.97. The topological polar surface area (TPSA) is 100 Å². The van der Waals surface area contributed by atoms with Crippen LogP contribution in [0.15, 0.2) is 42.5 Å². The highest BCUT2D eigenvalue weighted by Gasteiger charge is 2.44. The number of amides is 2. The molecule has 0 aliphatic carbocycles. The van der Waals surface area contributed by atoms with Crippen molar-refractivity contribution in [2.45, 2.75) is 37.4 Å². The van der Waals surface area contributed by atoms with E-state index in [0.29, 0.717) is 43.0 Å². The molecule has 3 aromatic rings. The molecule has 3 aliphatic heterocycles. The second-order valence-corrected chi connectivity index (χ2v) is 10.3. The summed E-state index contributed by atoms with van der Waals surface area (Å²) in [6, 6.07) is 14.0. The van der Waals surface area contributed by atoms with Crippen molar-refractivity contribution in [2.75, 3.05) is 50.6 Å². The third-order valence-electron chi connectivity index (χ3n) is 7.97. The zero-order valence-electron chi connectivity index (χ0n) is 21.6. The fourth-order valence-corrected chi connectivity index (χ4v) is 5.85. The van der Waals surface area contributed by atoms with Crippen molar-refractivity contribution in [3.63, 3.8) is 0 Å². The molecule has 0 unspecified atom stereocenters. The summed E-state index contributed by atoms with van der Waals surface area (Å²) in [7, 11) is 3.69. The molecule has 6 rings (SSSR count). The SMILES string of the molecule is COc1cc(NC(=O)c2cc(N3C[C@@H]4C[C@H]3CN4[C]=O)nc(OC[C@@H]3CCCN3C)n2)c2ccccc2c1. The van der Waals surface area contributed by atoms with Crippen LogP contribution in [0.2, 0.25) is 0 Å². The van der Waals surface area contributed by atoms with Crippen molar-refractivity contribution in [3.05, 3.63) is 48.2 Å². The number of hydrogen-bond acceptors (Lipinski definition) is 8. The summed E-state index contributed by atoms with van der Waals surface area (Å²) in [5, 5.41) is 4.88. The molecule has 0 saturated carbocycles. The minimum Gasteiger partial charge on any atom is -0.497 e. The summed E-state index contributed by atoms with van der Waals surface area (Å²) >= 11 is 0. The quantitative estimate of drug-likeness (QED) is 0.489. The molecular weight excluding hydrogens is 484 g/mol. The second kappa shape index (κ2) is 10.1.